The van der Waals surface area contributed by atoms with Crippen LogP contribution in [0.3, 0.4) is 0 Å². The number of nitrogens with zero attached hydrogens (tertiary/aromatic N) is 5. The Kier molecular flexibility index (Phi) is 7.38. The maximum atomic E-state index is 5.92. The Balaban J connectivity index is 1.11. The van der Waals surface area contributed by atoms with Crippen LogP contribution in [0.4, 0.5) is 11.5 Å². The summed E-state index contributed by atoms with van der Waals surface area (Å²) < 4.78 is 17.0. The lowest BCUT2D eigenvalue weighted by Gasteiger charge is -2.26. The summed E-state index contributed by atoms with van der Waals surface area (Å²) in [6.07, 6.45) is 3.42. The number of aromatic amines is 2. The van der Waals surface area contributed by atoms with Gasteiger partial charge in [-0.2, -0.15) is 5.10 Å². The van der Waals surface area contributed by atoms with Crippen molar-refractivity contribution in [2.24, 2.45) is 0 Å². The summed E-state index contributed by atoms with van der Waals surface area (Å²) in [5, 5.41) is 10.8. The van der Waals surface area contributed by atoms with Crippen LogP contribution in [-0.2, 0) is 11.3 Å². The molecule has 0 aliphatic carbocycles. The van der Waals surface area contributed by atoms with Gasteiger partial charge in [0.25, 0.3) is 0 Å². The van der Waals surface area contributed by atoms with E-state index in [1.165, 1.54) is 5.56 Å². The summed E-state index contributed by atoms with van der Waals surface area (Å²) in [6.45, 7) is 4.30. The quantitative estimate of drug-likeness (QED) is 0.197. The summed E-state index contributed by atoms with van der Waals surface area (Å²) >= 11 is 0. The highest BCUT2D eigenvalue weighted by Crippen LogP contribution is 2.33. The van der Waals surface area contributed by atoms with E-state index in [4.69, 9.17) is 24.2 Å². The third kappa shape index (κ3) is 5.89. The number of H-pyrrole nitrogens is 2. The van der Waals surface area contributed by atoms with Crippen molar-refractivity contribution in [1.29, 1.82) is 0 Å². The number of rotatable bonds is 9. The lowest BCUT2D eigenvalue weighted by Crippen LogP contribution is -2.35. The van der Waals surface area contributed by atoms with Crippen molar-refractivity contribution in [2.75, 3.05) is 38.7 Å². The van der Waals surface area contributed by atoms with E-state index in [9.17, 15) is 0 Å². The molecule has 1 aliphatic rings. The first-order valence-electron chi connectivity index (χ1n) is 14.1. The number of hydrogen-bond acceptors (Lipinski definition) is 9. The second-order valence-electron chi connectivity index (χ2n) is 10.1. The monoisotopic (exact) mass is 574 g/mol. The molecule has 7 rings (SSSR count). The average molecular weight is 575 g/mol. The molecule has 0 bridgehead atoms. The summed E-state index contributed by atoms with van der Waals surface area (Å²) in [5.41, 5.74) is 5.21. The molecule has 1 fully saturated rings. The van der Waals surface area contributed by atoms with E-state index in [2.05, 4.69) is 48.6 Å². The van der Waals surface area contributed by atoms with E-state index in [1.54, 1.807) is 19.5 Å². The molecule has 1 saturated heterocycles. The summed E-state index contributed by atoms with van der Waals surface area (Å²) in [6, 6.07) is 23.6. The van der Waals surface area contributed by atoms with Crippen LogP contribution in [-0.4, -0.2) is 68.4 Å². The Labute approximate surface area is 247 Å². The molecule has 0 spiro atoms. The van der Waals surface area contributed by atoms with E-state index in [0.717, 1.165) is 60.9 Å². The molecule has 0 radical (unpaired) electrons. The number of imidazole rings is 1. The standard InChI is InChI=1S/C32H30N8O3/c1-41-28-19-33-30(22-8-10-24(11-9-22)43-23-5-3-2-4-6-23)38-31(28)37-27-18-34-39-29(27)32-35-25-12-7-21(17-26(25)36-32)20-40-13-15-42-16-14-40/h2-12,17-19H,13-16,20H2,1H3,(H,34,39)(H,35,36)(H,33,37,38). The minimum Gasteiger partial charge on any atom is -0.491 e. The molecule has 0 atom stereocenters. The van der Waals surface area contributed by atoms with E-state index >= 15 is 0 Å². The fourth-order valence-corrected chi connectivity index (χ4v) is 5.02. The molecule has 3 N–H and O–H groups in total. The van der Waals surface area contributed by atoms with Gasteiger partial charge in [-0.3, -0.25) is 10.00 Å². The highest BCUT2D eigenvalue weighted by molar-refractivity contribution is 5.83. The number of fused-ring (bicyclic) bond motifs is 1. The molecule has 1 aliphatic heterocycles. The van der Waals surface area contributed by atoms with Gasteiger partial charge in [0.1, 0.15) is 11.5 Å². The number of anilines is 2. The average Bonchev–Trinajstić information content (AvgIpc) is 3.69. The Hall–Kier alpha value is -5.26. The van der Waals surface area contributed by atoms with Crippen LogP contribution in [0, 0.1) is 0 Å². The van der Waals surface area contributed by atoms with Gasteiger partial charge in [-0.25, -0.2) is 15.0 Å². The maximum absolute atomic E-state index is 5.92. The fourth-order valence-electron chi connectivity index (χ4n) is 5.02. The van der Waals surface area contributed by atoms with Crippen molar-refractivity contribution in [1.82, 2.24) is 35.0 Å². The molecule has 216 valence electrons. The minimum atomic E-state index is 0.497. The highest BCUT2D eigenvalue weighted by Gasteiger charge is 2.18. The van der Waals surface area contributed by atoms with Crippen molar-refractivity contribution in [2.45, 2.75) is 6.54 Å². The lowest BCUT2D eigenvalue weighted by molar-refractivity contribution is 0.0342. The van der Waals surface area contributed by atoms with Crippen molar-refractivity contribution in [3.63, 3.8) is 0 Å². The second-order valence-corrected chi connectivity index (χ2v) is 10.1. The molecule has 11 nitrogen and oxygen atoms in total. The van der Waals surface area contributed by atoms with E-state index in [-0.39, 0.29) is 0 Å². The van der Waals surface area contributed by atoms with E-state index < -0.39 is 0 Å². The SMILES string of the molecule is COc1cnc(-c2ccc(Oc3ccccc3)cc2)nc1Nc1c[nH]nc1-c1nc2cc(CN3CCOCC3)ccc2[nH]1. The van der Waals surface area contributed by atoms with Crippen molar-refractivity contribution in [3.8, 4) is 40.2 Å². The predicted octanol–water partition coefficient (Wildman–Crippen LogP) is 5.79. The second kappa shape index (κ2) is 11.9. The molecular formula is C32H30N8O3. The Morgan fingerprint density at radius 2 is 1.77 bits per heavy atom. The van der Waals surface area contributed by atoms with Crippen LogP contribution in [0.5, 0.6) is 17.2 Å². The van der Waals surface area contributed by atoms with Crippen LogP contribution >= 0.6 is 0 Å². The van der Waals surface area contributed by atoms with Gasteiger partial charge in [-0.1, -0.05) is 24.3 Å². The van der Waals surface area contributed by atoms with Gasteiger partial charge in [0.2, 0.25) is 0 Å². The Morgan fingerprint density at radius 3 is 2.58 bits per heavy atom. The topological polar surface area (TPSA) is 126 Å². The first-order valence-corrected chi connectivity index (χ1v) is 14.1. The van der Waals surface area contributed by atoms with Crippen LogP contribution in [0.25, 0.3) is 33.9 Å². The van der Waals surface area contributed by atoms with Crippen molar-refractivity contribution < 1.29 is 14.2 Å². The lowest BCUT2D eigenvalue weighted by atomic mass is 10.2. The zero-order valence-electron chi connectivity index (χ0n) is 23.6. The molecule has 0 amide bonds. The largest absolute Gasteiger partial charge is 0.491 e. The number of para-hydroxylation sites is 1. The van der Waals surface area contributed by atoms with Gasteiger partial charge in [0.15, 0.2) is 28.9 Å². The van der Waals surface area contributed by atoms with Crippen LogP contribution in [0.2, 0.25) is 0 Å². The zero-order valence-corrected chi connectivity index (χ0v) is 23.6. The van der Waals surface area contributed by atoms with Gasteiger partial charge < -0.3 is 24.5 Å². The van der Waals surface area contributed by atoms with Gasteiger partial charge in [-0.05, 0) is 54.1 Å². The summed E-state index contributed by atoms with van der Waals surface area (Å²) in [4.78, 5) is 19.9. The molecule has 3 aromatic carbocycles. The van der Waals surface area contributed by atoms with Gasteiger partial charge in [0, 0.05) is 31.4 Å². The first-order chi connectivity index (χ1) is 21.2. The minimum absolute atomic E-state index is 0.497. The number of benzene rings is 3. The number of methoxy groups -OCH3 is 1. The number of nitrogens with one attached hydrogen (secondary N) is 3. The van der Waals surface area contributed by atoms with Gasteiger partial charge >= 0.3 is 0 Å². The smallest absolute Gasteiger partial charge is 0.179 e. The highest BCUT2D eigenvalue weighted by atomic mass is 16.5. The maximum Gasteiger partial charge on any atom is 0.179 e. The van der Waals surface area contributed by atoms with E-state index in [1.807, 2.05) is 54.6 Å². The summed E-state index contributed by atoms with van der Waals surface area (Å²) in [7, 11) is 1.59. The molecule has 0 unspecified atom stereocenters. The van der Waals surface area contributed by atoms with E-state index in [0.29, 0.717) is 34.6 Å². The number of aromatic nitrogens is 6. The third-order valence-electron chi connectivity index (χ3n) is 7.24. The van der Waals surface area contributed by atoms with Gasteiger partial charge in [-0.15, -0.1) is 0 Å². The Bertz CT molecular complexity index is 1830. The van der Waals surface area contributed by atoms with Crippen LogP contribution < -0.4 is 14.8 Å². The molecule has 11 heteroatoms. The van der Waals surface area contributed by atoms with Crippen LogP contribution in [0.1, 0.15) is 5.56 Å². The molecule has 4 heterocycles. The van der Waals surface area contributed by atoms with Crippen molar-refractivity contribution in [3.05, 3.63) is 90.8 Å². The number of hydrogen-bond donors (Lipinski definition) is 3. The molecule has 6 aromatic rings. The molecule has 43 heavy (non-hydrogen) atoms. The molecular weight excluding hydrogens is 544 g/mol. The predicted molar refractivity (Wildman–Crippen MR) is 164 cm³/mol. The third-order valence-corrected chi connectivity index (χ3v) is 7.24. The summed E-state index contributed by atoms with van der Waals surface area (Å²) in [5.74, 6) is 3.68. The van der Waals surface area contributed by atoms with Gasteiger partial charge in [0.05, 0.1) is 43.2 Å². The number of morpholine rings is 1. The van der Waals surface area contributed by atoms with Crippen LogP contribution in [0.15, 0.2) is 85.2 Å². The number of ether oxygens (including phenoxy) is 3. The molecule has 0 saturated carbocycles. The normalized spacial score (nSPS) is 13.7. The Morgan fingerprint density at radius 1 is 0.953 bits per heavy atom. The van der Waals surface area contributed by atoms with Crippen molar-refractivity contribution >= 4 is 22.5 Å². The first kappa shape index (κ1) is 26.6. The molecule has 3 aromatic heterocycles. The fraction of sp³-hybridized carbons (Fsp3) is 0.188. The zero-order chi connectivity index (χ0) is 29.0.